The molecule has 1 amide bonds. The van der Waals surface area contributed by atoms with Crippen LogP contribution in [0, 0.1) is 0 Å². The quantitative estimate of drug-likeness (QED) is 0.335. The van der Waals surface area contributed by atoms with E-state index in [0.717, 1.165) is 35.1 Å². The van der Waals surface area contributed by atoms with E-state index in [1.165, 1.54) is 6.33 Å². The van der Waals surface area contributed by atoms with Gasteiger partial charge in [0.1, 0.15) is 43.5 Å². The first-order valence-corrected chi connectivity index (χ1v) is 12.4. The summed E-state index contributed by atoms with van der Waals surface area (Å²) >= 11 is 6.47. The molecular weight excluding hydrogens is 494 g/mol. The third-order valence-corrected chi connectivity index (χ3v) is 6.47. The third-order valence-electron chi connectivity index (χ3n) is 6.18. The number of aromatic nitrogens is 3. The Morgan fingerprint density at radius 3 is 2.84 bits per heavy atom. The van der Waals surface area contributed by atoms with E-state index in [4.69, 9.17) is 21.1 Å². The number of carbonyl (C=O) groups excluding carboxylic acids is 1. The predicted octanol–water partition coefficient (Wildman–Crippen LogP) is 4.36. The summed E-state index contributed by atoms with van der Waals surface area (Å²) in [6, 6.07) is 16.6. The van der Waals surface area contributed by atoms with Crippen LogP contribution in [0.25, 0.3) is 10.9 Å². The second-order valence-electron chi connectivity index (χ2n) is 8.63. The van der Waals surface area contributed by atoms with Gasteiger partial charge in [-0.25, -0.2) is 9.97 Å². The number of nitrogens with one attached hydrogen (secondary N) is 1. The minimum Gasteiger partial charge on any atom is -0.491 e. The second-order valence-corrected chi connectivity index (χ2v) is 9.04. The first-order valence-electron chi connectivity index (χ1n) is 12.0. The van der Waals surface area contributed by atoms with E-state index in [0.29, 0.717) is 42.1 Å². The largest absolute Gasteiger partial charge is 0.491 e. The Bertz CT molecular complexity index is 1390. The summed E-state index contributed by atoms with van der Waals surface area (Å²) < 4.78 is 11.8. The van der Waals surface area contributed by atoms with Gasteiger partial charge in [0.15, 0.2) is 0 Å². The summed E-state index contributed by atoms with van der Waals surface area (Å²) in [5.41, 5.74) is 2.31. The van der Waals surface area contributed by atoms with Crippen molar-refractivity contribution >= 4 is 39.9 Å². The molecule has 2 N–H and O–H groups in total. The summed E-state index contributed by atoms with van der Waals surface area (Å²) in [5.74, 6) is 1.54. The Labute approximate surface area is 219 Å². The number of halogens is 1. The predicted molar refractivity (Wildman–Crippen MR) is 140 cm³/mol. The first kappa shape index (κ1) is 24.7. The fourth-order valence-electron chi connectivity index (χ4n) is 4.31. The zero-order valence-electron chi connectivity index (χ0n) is 20.0. The van der Waals surface area contributed by atoms with Gasteiger partial charge in [-0.1, -0.05) is 17.7 Å². The van der Waals surface area contributed by atoms with Crippen molar-refractivity contribution in [2.45, 2.75) is 25.5 Å². The summed E-state index contributed by atoms with van der Waals surface area (Å²) in [6.45, 7) is 0.825. The van der Waals surface area contributed by atoms with Crippen LogP contribution in [-0.2, 0) is 11.4 Å². The highest BCUT2D eigenvalue weighted by Crippen LogP contribution is 2.32. The van der Waals surface area contributed by atoms with E-state index in [1.54, 1.807) is 23.2 Å². The lowest BCUT2D eigenvalue weighted by Gasteiger charge is -2.24. The molecule has 190 valence electrons. The van der Waals surface area contributed by atoms with Crippen molar-refractivity contribution in [2.75, 3.05) is 25.1 Å². The van der Waals surface area contributed by atoms with Gasteiger partial charge in [0.25, 0.3) is 0 Å². The summed E-state index contributed by atoms with van der Waals surface area (Å²) in [6.07, 6.45) is 4.96. The SMILES string of the molecule is O=C(CO)N1CCC[C@H]1COc1ccc2ncnc(Nc3ccc(OCc4ccccn4)c(Cl)c3)c2c1. The fraction of sp³-hybridized carbons (Fsp3) is 0.259. The smallest absolute Gasteiger partial charge is 0.248 e. The monoisotopic (exact) mass is 519 g/mol. The average Bonchev–Trinajstić information content (AvgIpc) is 3.40. The van der Waals surface area contributed by atoms with Crippen LogP contribution in [0.15, 0.2) is 67.1 Å². The van der Waals surface area contributed by atoms with Crippen LogP contribution < -0.4 is 14.8 Å². The second kappa shape index (κ2) is 11.4. The molecule has 0 saturated carbocycles. The molecule has 9 nitrogen and oxygen atoms in total. The normalized spacial score (nSPS) is 15.1. The highest BCUT2D eigenvalue weighted by Gasteiger charge is 2.28. The first-order chi connectivity index (χ1) is 18.1. The molecule has 3 heterocycles. The van der Waals surface area contributed by atoms with Gasteiger partial charge in [-0.15, -0.1) is 0 Å². The van der Waals surface area contributed by atoms with Gasteiger partial charge in [0.2, 0.25) is 5.91 Å². The van der Waals surface area contributed by atoms with Crippen molar-refractivity contribution in [2.24, 2.45) is 0 Å². The third kappa shape index (κ3) is 5.90. The van der Waals surface area contributed by atoms with Crippen molar-refractivity contribution in [3.63, 3.8) is 0 Å². The van der Waals surface area contributed by atoms with Gasteiger partial charge >= 0.3 is 0 Å². The van der Waals surface area contributed by atoms with Crippen LogP contribution in [0.5, 0.6) is 11.5 Å². The molecule has 5 rings (SSSR count). The Kier molecular flexibility index (Phi) is 7.62. The van der Waals surface area contributed by atoms with Crippen molar-refractivity contribution in [3.05, 3.63) is 77.8 Å². The van der Waals surface area contributed by atoms with Crippen molar-refractivity contribution in [1.82, 2.24) is 19.9 Å². The number of ether oxygens (including phenoxy) is 2. The molecule has 1 aliphatic heterocycles. The number of benzene rings is 2. The molecule has 2 aromatic carbocycles. The Morgan fingerprint density at radius 1 is 1.11 bits per heavy atom. The van der Waals surface area contributed by atoms with Crippen molar-refractivity contribution in [1.29, 1.82) is 0 Å². The van der Waals surface area contributed by atoms with Crippen LogP contribution in [-0.4, -0.2) is 56.7 Å². The topological polar surface area (TPSA) is 110 Å². The number of pyridine rings is 1. The minimum atomic E-state index is -0.486. The van der Waals surface area contributed by atoms with Crippen molar-refractivity contribution in [3.8, 4) is 11.5 Å². The van der Waals surface area contributed by atoms with Gasteiger partial charge in [0, 0.05) is 23.8 Å². The highest BCUT2D eigenvalue weighted by molar-refractivity contribution is 6.32. The summed E-state index contributed by atoms with van der Waals surface area (Å²) in [5, 5.41) is 13.7. The van der Waals surface area contributed by atoms with Gasteiger partial charge in [-0.05, 0) is 61.4 Å². The molecule has 0 spiro atoms. The number of hydrogen-bond donors (Lipinski definition) is 2. The van der Waals surface area contributed by atoms with E-state index in [-0.39, 0.29) is 11.9 Å². The maximum absolute atomic E-state index is 12.0. The van der Waals surface area contributed by atoms with E-state index in [1.807, 2.05) is 42.5 Å². The minimum absolute atomic E-state index is 0.0551. The Balaban J connectivity index is 1.28. The molecule has 0 radical (unpaired) electrons. The Morgan fingerprint density at radius 2 is 2.03 bits per heavy atom. The molecule has 0 unspecified atom stereocenters. The maximum atomic E-state index is 12.0. The van der Waals surface area contributed by atoms with Gasteiger partial charge < -0.3 is 24.8 Å². The van der Waals surface area contributed by atoms with Crippen LogP contribution >= 0.6 is 11.6 Å². The number of hydrogen-bond acceptors (Lipinski definition) is 8. The molecule has 0 aliphatic carbocycles. The number of amides is 1. The number of fused-ring (bicyclic) bond motifs is 1. The van der Waals surface area contributed by atoms with E-state index < -0.39 is 6.61 Å². The van der Waals surface area contributed by atoms with E-state index in [2.05, 4.69) is 20.3 Å². The lowest BCUT2D eigenvalue weighted by atomic mass is 10.2. The van der Waals surface area contributed by atoms with Crippen LogP contribution in [0.2, 0.25) is 5.02 Å². The van der Waals surface area contributed by atoms with Gasteiger partial charge in [-0.2, -0.15) is 0 Å². The zero-order valence-corrected chi connectivity index (χ0v) is 20.8. The molecule has 1 atom stereocenters. The zero-order chi connectivity index (χ0) is 25.6. The van der Waals surface area contributed by atoms with Gasteiger partial charge in [0.05, 0.1) is 22.3 Å². The number of likely N-dealkylation sites (tertiary alicyclic amines) is 1. The molecule has 1 saturated heterocycles. The molecular formula is C27H26ClN5O4. The number of rotatable bonds is 9. The standard InChI is InChI=1S/C27H26ClN5O4/c28-23-12-18(6-9-25(23)37-15-19-4-1-2-10-29-19)32-27-22-13-21(7-8-24(22)30-17-31-27)36-16-20-5-3-11-33(20)26(35)14-34/h1-2,4,6-10,12-13,17,20,34H,3,5,11,14-16H2,(H,30,31,32)/t20-/m0/s1. The van der Waals surface area contributed by atoms with Crippen molar-refractivity contribution < 1.29 is 19.4 Å². The fourth-order valence-corrected chi connectivity index (χ4v) is 4.55. The maximum Gasteiger partial charge on any atom is 0.248 e. The van der Waals surface area contributed by atoms with Crippen LogP contribution in [0.4, 0.5) is 11.5 Å². The number of aliphatic hydroxyl groups is 1. The number of nitrogens with zero attached hydrogens (tertiary/aromatic N) is 4. The lowest BCUT2D eigenvalue weighted by Crippen LogP contribution is -2.40. The molecule has 4 aromatic rings. The van der Waals surface area contributed by atoms with E-state index in [9.17, 15) is 9.90 Å². The molecule has 2 aromatic heterocycles. The van der Waals surface area contributed by atoms with Crippen LogP contribution in [0.3, 0.4) is 0 Å². The summed E-state index contributed by atoms with van der Waals surface area (Å²) in [4.78, 5) is 26.7. The van der Waals surface area contributed by atoms with Gasteiger partial charge in [-0.3, -0.25) is 9.78 Å². The molecule has 0 bridgehead atoms. The van der Waals surface area contributed by atoms with E-state index >= 15 is 0 Å². The number of carbonyl (C=O) groups is 1. The molecule has 10 heteroatoms. The average molecular weight is 520 g/mol. The summed E-state index contributed by atoms with van der Waals surface area (Å²) in [7, 11) is 0. The molecule has 1 fully saturated rings. The van der Waals surface area contributed by atoms with Crippen LogP contribution in [0.1, 0.15) is 18.5 Å². The number of anilines is 2. The molecule has 37 heavy (non-hydrogen) atoms. The highest BCUT2D eigenvalue weighted by atomic mass is 35.5. The number of aliphatic hydroxyl groups excluding tert-OH is 1. The Hall–Kier alpha value is -3.95. The lowest BCUT2D eigenvalue weighted by molar-refractivity contribution is -0.135. The molecule has 1 aliphatic rings.